The quantitative estimate of drug-likeness (QED) is 0.602. The second-order valence-corrected chi connectivity index (χ2v) is 5.34. The second-order valence-electron chi connectivity index (χ2n) is 5.34. The standard InChI is InChI=1S/C19H20O5/c1-2-24-17(21)12-16(20)19(23)15-10-8-14(9-11-15)18(22)13-6-4-3-5-7-13/h3-11,16,19-20,23H,2,12H2,1H3. The molecule has 0 spiro atoms. The Kier molecular flexibility index (Phi) is 6.23. The van der Waals surface area contributed by atoms with E-state index in [0.29, 0.717) is 16.7 Å². The average molecular weight is 328 g/mol. The number of carbonyl (C=O) groups is 2. The van der Waals surface area contributed by atoms with E-state index in [1.165, 1.54) is 0 Å². The third-order valence-corrected chi connectivity index (χ3v) is 3.60. The van der Waals surface area contributed by atoms with Gasteiger partial charge >= 0.3 is 5.97 Å². The number of aliphatic hydroxyl groups excluding tert-OH is 2. The van der Waals surface area contributed by atoms with Crippen molar-refractivity contribution in [3.05, 3.63) is 71.3 Å². The van der Waals surface area contributed by atoms with Crippen molar-refractivity contribution in [1.29, 1.82) is 0 Å². The summed E-state index contributed by atoms with van der Waals surface area (Å²) in [6, 6.07) is 15.2. The van der Waals surface area contributed by atoms with Gasteiger partial charge < -0.3 is 14.9 Å². The second kappa shape index (κ2) is 8.38. The van der Waals surface area contributed by atoms with Crippen molar-refractivity contribution in [1.82, 2.24) is 0 Å². The van der Waals surface area contributed by atoms with Crippen LogP contribution in [0.4, 0.5) is 0 Å². The van der Waals surface area contributed by atoms with E-state index >= 15 is 0 Å². The fourth-order valence-electron chi connectivity index (χ4n) is 2.31. The minimum absolute atomic E-state index is 0.122. The van der Waals surface area contributed by atoms with Gasteiger partial charge in [-0.1, -0.05) is 54.6 Å². The van der Waals surface area contributed by atoms with Crippen molar-refractivity contribution in [2.75, 3.05) is 6.61 Å². The highest BCUT2D eigenvalue weighted by Crippen LogP contribution is 2.21. The van der Waals surface area contributed by atoms with Gasteiger partial charge in [-0.3, -0.25) is 9.59 Å². The van der Waals surface area contributed by atoms with Gasteiger partial charge in [-0.25, -0.2) is 0 Å². The molecule has 0 heterocycles. The lowest BCUT2D eigenvalue weighted by Gasteiger charge is -2.17. The van der Waals surface area contributed by atoms with E-state index in [1.807, 2.05) is 6.07 Å². The Morgan fingerprint density at radius 2 is 1.54 bits per heavy atom. The molecule has 2 aromatic carbocycles. The van der Waals surface area contributed by atoms with E-state index in [-0.39, 0.29) is 18.8 Å². The van der Waals surface area contributed by atoms with Crippen molar-refractivity contribution < 1.29 is 24.5 Å². The summed E-state index contributed by atoms with van der Waals surface area (Å²) in [7, 11) is 0. The summed E-state index contributed by atoms with van der Waals surface area (Å²) in [5.41, 5.74) is 1.49. The Hall–Kier alpha value is -2.50. The van der Waals surface area contributed by atoms with E-state index in [4.69, 9.17) is 4.74 Å². The van der Waals surface area contributed by atoms with Gasteiger partial charge in [0.15, 0.2) is 5.78 Å². The largest absolute Gasteiger partial charge is 0.466 e. The van der Waals surface area contributed by atoms with Gasteiger partial charge in [-0.15, -0.1) is 0 Å². The summed E-state index contributed by atoms with van der Waals surface area (Å²) in [6.45, 7) is 1.89. The fourth-order valence-corrected chi connectivity index (χ4v) is 2.31. The summed E-state index contributed by atoms with van der Waals surface area (Å²) in [5, 5.41) is 20.0. The molecule has 2 unspecified atom stereocenters. The molecule has 24 heavy (non-hydrogen) atoms. The van der Waals surface area contributed by atoms with Gasteiger partial charge in [0.1, 0.15) is 6.10 Å². The van der Waals surface area contributed by atoms with Crippen molar-refractivity contribution in [2.24, 2.45) is 0 Å². The molecule has 2 N–H and O–H groups in total. The first-order valence-corrected chi connectivity index (χ1v) is 7.74. The molecule has 0 aromatic heterocycles. The van der Waals surface area contributed by atoms with E-state index in [2.05, 4.69) is 0 Å². The third kappa shape index (κ3) is 4.50. The summed E-state index contributed by atoms with van der Waals surface area (Å²) in [6.07, 6.45) is -2.78. The molecule has 0 bridgehead atoms. The average Bonchev–Trinajstić information content (AvgIpc) is 2.61. The number of ether oxygens (including phenoxy) is 1. The number of hydrogen-bond donors (Lipinski definition) is 2. The molecule has 2 aromatic rings. The lowest BCUT2D eigenvalue weighted by atomic mass is 9.98. The maximum Gasteiger partial charge on any atom is 0.308 e. The number of aliphatic hydroxyl groups is 2. The summed E-state index contributed by atoms with van der Waals surface area (Å²) in [5.74, 6) is -0.691. The minimum Gasteiger partial charge on any atom is -0.466 e. The van der Waals surface area contributed by atoms with Crippen LogP contribution in [0.1, 0.15) is 40.9 Å². The molecule has 2 rings (SSSR count). The number of carbonyl (C=O) groups excluding carboxylic acids is 2. The first-order valence-electron chi connectivity index (χ1n) is 7.74. The molecule has 126 valence electrons. The molecule has 0 radical (unpaired) electrons. The van der Waals surface area contributed by atoms with Crippen LogP contribution < -0.4 is 0 Å². The molecular formula is C19H20O5. The SMILES string of the molecule is CCOC(=O)CC(O)C(O)c1ccc(C(=O)c2ccccc2)cc1. The highest BCUT2D eigenvalue weighted by molar-refractivity contribution is 6.08. The molecule has 5 heteroatoms. The zero-order chi connectivity index (χ0) is 17.5. The topological polar surface area (TPSA) is 83.8 Å². The normalized spacial score (nSPS) is 13.1. The third-order valence-electron chi connectivity index (χ3n) is 3.60. The van der Waals surface area contributed by atoms with Crippen LogP contribution in [0.25, 0.3) is 0 Å². The Morgan fingerprint density at radius 1 is 0.958 bits per heavy atom. The van der Waals surface area contributed by atoms with Gasteiger partial charge in [-0.2, -0.15) is 0 Å². The molecule has 5 nitrogen and oxygen atoms in total. The van der Waals surface area contributed by atoms with Crippen LogP contribution in [0.15, 0.2) is 54.6 Å². The van der Waals surface area contributed by atoms with Crippen LogP contribution in [-0.2, 0) is 9.53 Å². The first-order chi connectivity index (χ1) is 11.5. The van der Waals surface area contributed by atoms with Crippen LogP contribution in [0.5, 0.6) is 0 Å². The molecule has 0 fully saturated rings. The molecule has 0 amide bonds. The van der Waals surface area contributed by atoms with Crippen molar-refractivity contribution in [2.45, 2.75) is 25.6 Å². The molecular weight excluding hydrogens is 308 g/mol. The number of rotatable bonds is 7. The van der Waals surface area contributed by atoms with Crippen molar-refractivity contribution in [3.8, 4) is 0 Å². The van der Waals surface area contributed by atoms with Crippen molar-refractivity contribution >= 4 is 11.8 Å². The lowest BCUT2D eigenvalue weighted by molar-refractivity contribution is -0.147. The zero-order valence-electron chi connectivity index (χ0n) is 13.4. The first kappa shape index (κ1) is 17.8. The number of hydrogen-bond acceptors (Lipinski definition) is 5. The Morgan fingerprint density at radius 3 is 2.12 bits per heavy atom. The monoisotopic (exact) mass is 328 g/mol. The van der Waals surface area contributed by atoms with E-state index in [0.717, 1.165) is 0 Å². The fraction of sp³-hybridized carbons (Fsp3) is 0.263. The Labute approximate surface area is 140 Å². The number of ketones is 1. The summed E-state index contributed by atoms with van der Waals surface area (Å²) < 4.78 is 4.74. The van der Waals surface area contributed by atoms with E-state index in [9.17, 15) is 19.8 Å². The minimum atomic E-state index is -1.26. The maximum atomic E-state index is 12.3. The Balaban J connectivity index is 2.06. The van der Waals surface area contributed by atoms with Crippen molar-refractivity contribution in [3.63, 3.8) is 0 Å². The predicted octanol–water partition coefficient (Wildman–Crippen LogP) is 2.27. The zero-order valence-corrected chi connectivity index (χ0v) is 13.4. The summed E-state index contributed by atoms with van der Waals surface area (Å²) in [4.78, 5) is 23.7. The molecule has 0 aliphatic rings. The molecule has 0 aliphatic heterocycles. The van der Waals surface area contributed by atoms with Gasteiger partial charge in [0.2, 0.25) is 0 Å². The highest BCUT2D eigenvalue weighted by atomic mass is 16.5. The molecule has 0 saturated heterocycles. The lowest BCUT2D eigenvalue weighted by Crippen LogP contribution is -2.23. The maximum absolute atomic E-state index is 12.3. The number of esters is 1. The van der Waals surface area contributed by atoms with Gasteiger partial charge in [0.05, 0.1) is 19.1 Å². The number of benzene rings is 2. The van der Waals surface area contributed by atoms with Crippen LogP contribution in [0.3, 0.4) is 0 Å². The summed E-state index contributed by atoms with van der Waals surface area (Å²) >= 11 is 0. The van der Waals surface area contributed by atoms with Gasteiger partial charge in [0, 0.05) is 11.1 Å². The highest BCUT2D eigenvalue weighted by Gasteiger charge is 2.22. The smallest absolute Gasteiger partial charge is 0.308 e. The van der Waals surface area contributed by atoms with Crippen LogP contribution in [-0.4, -0.2) is 34.7 Å². The molecule has 0 aliphatic carbocycles. The van der Waals surface area contributed by atoms with E-state index in [1.54, 1.807) is 55.5 Å². The van der Waals surface area contributed by atoms with E-state index < -0.39 is 18.2 Å². The van der Waals surface area contributed by atoms with Crippen LogP contribution >= 0.6 is 0 Å². The van der Waals surface area contributed by atoms with Gasteiger partial charge in [-0.05, 0) is 12.5 Å². The molecule has 0 saturated carbocycles. The van der Waals surface area contributed by atoms with Crippen LogP contribution in [0.2, 0.25) is 0 Å². The van der Waals surface area contributed by atoms with Crippen LogP contribution in [0, 0.1) is 0 Å². The Bertz CT molecular complexity index is 679. The van der Waals surface area contributed by atoms with Gasteiger partial charge in [0.25, 0.3) is 0 Å². The predicted molar refractivity (Wildman–Crippen MR) is 88.5 cm³/mol. The molecule has 2 atom stereocenters.